The number of fused-ring (bicyclic) bond motifs is 1. The van der Waals surface area contributed by atoms with Crippen molar-refractivity contribution in [1.29, 1.82) is 0 Å². The molecule has 1 aliphatic rings. The Kier molecular flexibility index (Phi) is 6.04. The average Bonchev–Trinajstić information content (AvgIpc) is 2.79. The Bertz CT molecular complexity index is 1350. The molecule has 9 nitrogen and oxygen atoms in total. The largest absolute Gasteiger partial charge is 0.456 e. The summed E-state index contributed by atoms with van der Waals surface area (Å²) in [6.07, 6.45) is 1.59. The van der Waals surface area contributed by atoms with Crippen molar-refractivity contribution in [2.45, 2.75) is 18.4 Å². The molecule has 3 heterocycles. The lowest BCUT2D eigenvalue weighted by atomic mass is 10.2. The van der Waals surface area contributed by atoms with Crippen LogP contribution in [0.25, 0.3) is 5.65 Å². The highest BCUT2D eigenvalue weighted by molar-refractivity contribution is 7.89. The Morgan fingerprint density at radius 3 is 2.72 bits per heavy atom. The molecule has 0 spiro atoms. The number of hydrogen-bond acceptors (Lipinski definition) is 7. The van der Waals surface area contributed by atoms with Crippen LogP contribution < -0.4 is 5.56 Å². The number of carbonyl (C=O) groups excluding carboxylic acids is 1. The molecule has 1 aromatic carbocycles. The number of rotatable bonds is 5. The van der Waals surface area contributed by atoms with Crippen LogP contribution in [0.5, 0.6) is 0 Å². The van der Waals surface area contributed by atoms with Crippen molar-refractivity contribution < 1.29 is 27.1 Å². The van der Waals surface area contributed by atoms with Gasteiger partial charge in [-0.05, 0) is 36.8 Å². The maximum Gasteiger partial charge on any atom is 0.338 e. The van der Waals surface area contributed by atoms with Gasteiger partial charge in [0.05, 0.1) is 24.5 Å². The van der Waals surface area contributed by atoms with E-state index < -0.39 is 26.7 Å². The highest BCUT2D eigenvalue weighted by Crippen LogP contribution is 2.22. The number of morpholine rings is 1. The summed E-state index contributed by atoms with van der Waals surface area (Å²) in [7, 11) is -4.14. The summed E-state index contributed by atoms with van der Waals surface area (Å²) in [4.78, 5) is 28.5. The summed E-state index contributed by atoms with van der Waals surface area (Å²) in [5.74, 6) is -1.83. The molecule has 1 fully saturated rings. The quantitative estimate of drug-likeness (QED) is 0.530. The fraction of sp³-hybridized carbons (Fsp3) is 0.286. The van der Waals surface area contributed by atoms with E-state index in [9.17, 15) is 22.4 Å². The first-order chi connectivity index (χ1) is 15.3. The number of sulfonamides is 1. The zero-order valence-electron chi connectivity index (χ0n) is 17.2. The summed E-state index contributed by atoms with van der Waals surface area (Å²) < 4.78 is 52.7. The van der Waals surface area contributed by atoms with Gasteiger partial charge in [-0.15, -0.1) is 0 Å². The van der Waals surface area contributed by atoms with E-state index >= 15 is 0 Å². The Hall–Kier alpha value is -3.15. The molecule has 4 rings (SSSR count). The Morgan fingerprint density at radius 2 is 1.97 bits per heavy atom. The zero-order chi connectivity index (χ0) is 22.9. The second-order valence-electron chi connectivity index (χ2n) is 7.21. The van der Waals surface area contributed by atoms with Gasteiger partial charge in [-0.2, -0.15) is 4.31 Å². The van der Waals surface area contributed by atoms with Crippen LogP contribution in [0.4, 0.5) is 4.39 Å². The van der Waals surface area contributed by atoms with Gasteiger partial charge in [-0.3, -0.25) is 9.20 Å². The SMILES string of the molecule is Cc1cccn2c(=O)cc(COC(=O)c3ccc(F)c(S(=O)(=O)N4CCOCC4)c3)nc12. The Labute approximate surface area is 183 Å². The smallest absolute Gasteiger partial charge is 0.338 e. The second kappa shape index (κ2) is 8.77. The standard InChI is InChI=1S/C21H20FN3O6S/c1-14-3-2-6-25-19(26)12-16(23-20(14)25)13-31-21(27)15-4-5-17(22)18(11-15)32(28,29)24-7-9-30-10-8-24/h2-6,11-12H,7-10,13H2,1H3. The molecule has 0 amide bonds. The van der Waals surface area contributed by atoms with Crippen molar-refractivity contribution in [3.8, 4) is 0 Å². The predicted molar refractivity (Wildman–Crippen MR) is 111 cm³/mol. The van der Waals surface area contributed by atoms with Crippen LogP contribution in [-0.4, -0.2) is 54.4 Å². The van der Waals surface area contributed by atoms with Gasteiger partial charge >= 0.3 is 5.97 Å². The molecule has 3 aromatic rings. The molecule has 0 N–H and O–H groups in total. The average molecular weight is 461 g/mol. The van der Waals surface area contributed by atoms with E-state index in [0.29, 0.717) is 5.65 Å². The van der Waals surface area contributed by atoms with Gasteiger partial charge < -0.3 is 9.47 Å². The van der Waals surface area contributed by atoms with Crippen molar-refractivity contribution in [3.63, 3.8) is 0 Å². The minimum Gasteiger partial charge on any atom is -0.456 e. The van der Waals surface area contributed by atoms with E-state index in [1.165, 1.54) is 10.5 Å². The van der Waals surface area contributed by atoms with Gasteiger partial charge in [0.25, 0.3) is 5.56 Å². The highest BCUT2D eigenvalue weighted by Gasteiger charge is 2.30. The van der Waals surface area contributed by atoms with Crippen LogP contribution >= 0.6 is 0 Å². The summed E-state index contributed by atoms with van der Waals surface area (Å²) in [6, 6.07) is 7.78. The minimum atomic E-state index is -4.14. The molecule has 168 valence electrons. The molecule has 0 aliphatic carbocycles. The monoisotopic (exact) mass is 461 g/mol. The van der Waals surface area contributed by atoms with E-state index in [-0.39, 0.29) is 49.7 Å². The lowest BCUT2D eigenvalue weighted by molar-refractivity contribution is 0.0467. The summed E-state index contributed by atoms with van der Waals surface area (Å²) in [5.41, 5.74) is 0.985. The van der Waals surface area contributed by atoms with Crippen molar-refractivity contribution >= 4 is 21.6 Å². The number of aryl methyl sites for hydroxylation is 1. The molecule has 1 aliphatic heterocycles. The van der Waals surface area contributed by atoms with E-state index in [0.717, 1.165) is 28.1 Å². The molecule has 0 unspecified atom stereocenters. The first kappa shape index (κ1) is 22.1. The lowest BCUT2D eigenvalue weighted by Crippen LogP contribution is -2.41. The lowest BCUT2D eigenvalue weighted by Gasteiger charge is -2.26. The van der Waals surface area contributed by atoms with Crippen molar-refractivity contribution in [2.24, 2.45) is 0 Å². The van der Waals surface area contributed by atoms with Gasteiger partial charge in [0.2, 0.25) is 10.0 Å². The van der Waals surface area contributed by atoms with Crippen molar-refractivity contribution in [2.75, 3.05) is 26.3 Å². The van der Waals surface area contributed by atoms with E-state index in [1.807, 2.05) is 0 Å². The van der Waals surface area contributed by atoms with Gasteiger partial charge in [0.15, 0.2) is 0 Å². The zero-order valence-corrected chi connectivity index (χ0v) is 18.0. The molecule has 11 heteroatoms. The van der Waals surface area contributed by atoms with Crippen LogP contribution in [-0.2, 0) is 26.1 Å². The third-order valence-electron chi connectivity index (χ3n) is 5.05. The molecular formula is C21H20FN3O6S. The summed E-state index contributed by atoms with van der Waals surface area (Å²) >= 11 is 0. The maximum atomic E-state index is 14.3. The van der Waals surface area contributed by atoms with Crippen molar-refractivity contribution in [3.05, 3.63) is 75.6 Å². The van der Waals surface area contributed by atoms with Crippen LogP contribution in [0.1, 0.15) is 21.6 Å². The number of carbonyl (C=O) groups is 1. The summed E-state index contributed by atoms with van der Waals surface area (Å²) in [6.45, 7) is 2.11. The van der Waals surface area contributed by atoms with Gasteiger partial charge in [0, 0.05) is 25.4 Å². The third kappa shape index (κ3) is 4.27. The fourth-order valence-corrected chi connectivity index (χ4v) is 4.86. The van der Waals surface area contributed by atoms with Crippen LogP contribution in [0.3, 0.4) is 0 Å². The molecule has 32 heavy (non-hydrogen) atoms. The maximum absolute atomic E-state index is 14.3. The first-order valence-electron chi connectivity index (χ1n) is 9.80. The Morgan fingerprint density at radius 1 is 1.22 bits per heavy atom. The molecule has 0 saturated carbocycles. The van der Waals surface area contributed by atoms with Gasteiger partial charge in [-0.1, -0.05) is 6.07 Å². The third-order valence-corrected chi connectivity index (χ3v) is 6.96. The first-order valence-corrected chi connectivity index (χ1v) is 11.2. The molecule has 0 radical (unpaired) electrons. The minimum absolute atomic E-state index is 0.0963. The number of benzene rings is 1. The number of nitrogens with zero attached hydrogens (tertiary/aromatic N) is 3. The van der Waals surface area contributed by atoms with Crippen LogP contribution in [0.15, 0.2) is 52.3 Å². The normalized spacial score (nSPS) is 15.1. The molecular weight excluding hydrogens is 441 g/mol. The molecule has 0 atom stereocenters. The van der Waals surface area contributed by atoms with Crippen LogP contribution in [0, 0.1) is 12.7 Å². The van der Waals surface area contributed by atoms with E-state index in [2.05, 4.69) is 4.98 Å². The molecule has 1 saturated heterocycles. The highest BCUT2D eigenvalue weighted by atomic mass is 32.2. The number of halogens is 1. The topological polar surface area (TPSA) is 107 Å². The van der Waals surface area contributed by atoms with E-state index in [1.54, 1.807) is 25.3 Å². The number of esters is 1. The Balaban J connectivity index is 1.56. The number of ether oxygens (including phenoxy) is 2. The fourth-order valence-electron chi connectivity index (χ4n) is 3.36. The van der Waals surface area contributed by atoms with E-state index in [4.69, 9.17) is 9.47 Å². The molecule has 0 bridgehead atoms. The predicted octanol–water partition coefficient (Wildman–Crippen LogP) is 1.52. The summed E-state index contributed by atoms with van der Waals surface area (Å²) in [5, 5.41) is 0. The second-order valence-corrected chi connectivity index (χ2v) is 9.11. The van der Waals surface area contributed by atoms with Crippen molar-refractivity contribution in [1.82, 2.24) is 13.7 Å². The van der Waals surface area contributed by atoms with Gasteiger partial charge in [-0.25, -0.2) is 22.6 Å². The number of aromatic nitrogens is 2. The number of hydrogen-bond donors (Lipinski definition) is 0. The number of pyridine rings is 1. The van der Waals surface area contributed by atoms with Gasteiger partial charge in [0.1, 0.15) is 23.0 Å². The molecule has 2 aromatic heterocycles. The van der Waals surface area contributed by atoms with Crippen LogP contribution in [0.2, 0.25) is 0 Å².